The second-order valence-corrected chi connectivity index (χ2v) is 5.80. The Labute approximate surface area is 168 Å². The van der Waals surface area contributed by atoms with Gasteiger partial charge in [0, 0.05) is 41.4 Å². The van der Waals surface area contributed by atoms with Gasteiger partial charge in [-0.15, -0.1) is 0 Å². The van der Waals surface area contributed by atoms with Crippen molar-refractivity contribution in [3.05, 3.63) is 66.5 Å². The zero-order valence-electron chi connectivity index (χ0n) is 15.2. The fourth-order valence-electron chi connectivity index (χ4n) is 2.54. The summed E-state index contributed by atoms with van der Waals surface area (Å²) in [4.78, 5) is 19.3. The van der Waals surface area contributed by atoms with Crippen molar-refractivity contribution in [3.8, 4) is 22.9 Å². The van der Waals surface area contributed by atoms with Crippen LogP contribution >= 0.6 is 0 Å². The Morgan fingerprint density at radius 1 is 1.07 bits per heavy atom. The van der Waals surface area contributed by atoms with Crippen LogP contribution in [-0.2, 0) is 4.79 Å². The minimum Gasteiger partial charge on any atom is -0.435 e. The maximum Gasteiger partial charge on any atom is 0.387 e. The van der Waals surface area contributed by atoms with Crippen molar-refractivity contribution >= 4 is 17.7 Å². The van der Waals surface area contributed by atoms with Gasteiger partial charge in [-0.2, -0.15) is 17.6 Å². The number of H-pyrrole nitrogens is 1. The largest absolute Gasteiger partial charge is 0.435 e. The maximum absolute atomic E-state index is 12.6. The number of hydrogen-bond acceptors (Lipinski definition) is 4. The predicted molar refractivity (Wildman–Crippen MR) is 101 cm³/mol. The Bertz CT molecular complexity index is 1020. The van der Waals surface area contributed by atoms with Crippen molar-refractivity contribution in [1.29, 1.82) is 0 Å². The predicted octanol–water partition coefficient (Wildman–Crippen LogP) is 4.93. The van der Waals surface area contributed by atoms with E-state index in [0.29, 0.717) is 11.5 Å². The molecule has 0 saturated heterocycles. The van der Waals surface area contributed by atoms with E-state index in [1.54, 1.807) is 36.7 Å². The number of aromatic amines is 1. The van der Waals surface area contributed by atoms with E-state index in [2.05, 4.69) is 24.8 Å². The van der Waals surface area contributed by atoms with Crippen molar-refractivity contribution in [2.45, 2.75) is 13.2 Å². The lowest BCUT2D eigenvalue weighted by atomic mass is 10.1. The van der Waals surface area contributed by atoms with E-state index in [1.807, 2.05) is 0 Å². The molecule has 30 heavy (non-hydrogen) atoms. The molecule has 2 aromatic carbocycles. The quantitative estimate of drug-likeness (QED) is 0.399. The summed E-state index contributed by atoms with van der Waals surface area (Å²) >= 11 is 0. The summed E-state index contributed by atoms with van der Waals surface area (Å²) in [5.41, 5.74) is 1.32. The molecule has 3 aromatic rings. The molecule has 0 aliphatic heterocycles. The number of halogens is 4. The van der Waals surface area contributed by atoms with Gasteiger partial charge in [0.2, 0.25) is 5.91 Å². The van der Waals surface area contributed by atoms with Crippen LogP contribution in [0.25, 0.3) is 17.5 Å². The molecule has 0 aliphatic carbocycles. The van der Waals surface area contributed by atoms with Crippen LogP contribution in [0.2, 0.25) is 0 Å². The molecule has 10 heteroatoms. The van der Waals surface area contributed by atoms with Crippen LogP contribution < -0.4 is 14.8 Å². The van der Waals surface area contributed by atoms with E-state index < -0.39 is 24.9 Å². The molecule has 0 fully saturated rings. The molecule has 0 radical (unpaired) electrons. The normalized spacial score (nSPS) is 11.3. The van der Waals surface area contributed by atoms with Crippen molar-refractivity contribution in [3.63, 3.8) is 0 Å². The number of nitrogens with zero attached hydrogens (tertiary/aromatic N) is 1. The average molecular weight is 421 g/mol. The van der Waals surface area contributed by atoms with Gasteiger partial charge in [0.15, 0.2) is 0 Å². The molecule has 0 saturated carbocycles. The number of nitrogens with one attached hydrogen (secondary N) is 2. The number of carbonyl (C=O) groups is 1. The van der Waals surface area contributed by atoms with Crippen LogP contribution in [0.3, 0.4) is 0 Å². The van der Waals surface area contributed by atoms with E-state index in [9.17, 15) is 22.4 Å². The molecule has 1 heterocycles. The number of benzene rings is 2. The number of carbonyl (C=O) groups excluding carboxylic acids is 1. The topological polar surface area (TPSA) is 76.2 Å². The summed E-state index contributed by atoms with van der Waals surface area (Å²) in [6.45, 7) is -6.30. The highest BCUT2D eigenvalue weighted by Crippen LogP contribution is 2.28. The number of rotatable bonds is 8. The van der Waals surface area contributed by atoms with Gasteiger partial charge in [-0.1, -0.05) is 12.1 Å². The van der Waals surface area contributed by atoms with Gasteiger partial charge >= 0.3 is 13.2 Å². The monoisotopic (exact) mass is 421 g/mol. The van der Waals surface area contributed by atoms with Gasteiger partial charge in [0.05, 0.1) is 0 Å². The molecule has 156 valence electrons. The molecule has 1 aromatic heterocycles. The van der Waals surface area contributed by atoms with Crippen LogP contribution in [0.15, 0.2) is 60.9 Å². The lowest BCUT2D eigenvalue weighted by Gasteiger charge is -2.11. The molecular weight excluding hydrogens is 406 g/mol. The van der Waals surface area contributed by atoms with Crippen molar-refractivity contribution < 1.29 is 31.8 Å². The van der Waals surface area contributed by atoms with E-state index >= 15 is 0 Å². The first-order valence-electron chi connectivity index (χ1n) is 8.53. The Hall–Kier alpha value is -3.82. The van der Waals surface area contributed by atoms with Gasteiger partial charge in [-0.05, 0) is 30.3 Å². The van der Waals surface area contributed by atoms with Crippen LogP contribution in [-0.4, -0.2) is 29.1 Å². The minimum atomic E-state index is -3.18. The number of anilines is 1. The Balaban J connectivity index is 1.73. The van der Waals surface area contributed by atoms with Gasteiger partial charge in [0.25, 0.3) is 0 Å². The van der Waals surface area contributed by atoms with Crippen LogP contribution in [0.1, 0.15) is 5.56 Å². The van der Waals surface area contributed by atoms with Crippen molar-refractivity contribution in [1.82, 2.24) is 9.97 Å². The fourth-order valence-corrected chi connectivity index (χ4v) is 2.54. The fraction of sp³-hybridized carbons (Fsp3) is 0.100. The van der Waals surface area contributed by atoms with Gasteiger partial charge in [-0.3, -0.25) is 4.79 Å². The van der Waals surface area contributed by atoms with Gasteiger partial charge in [-0.25, -0.2) is 4.98 Å². The third kappa shape index (κ3) is 5.84. The summed E-state index contributed by atoms with van der Waals surface area (Å²) in [7, 11) is 0. The third-order valence-corrected chi connectivity index (χ3v) is 3.74. The van der Waals surface area contributed by atoms with E-state index in [1.165, 1.54) is 12.1 Å². The third-order valence-electron chi connectivity index (χ3n) is 3.74. The summed E-state index contributed by atoms with van der Waals surface area (Å²) in [5, 5.41) is 2.63. The lowest BCUT2D eigenvalue weighted by molar-refractivity contribution is -0.111. The zero-order chi connectivity index (χ0) is 21.5. The molecule has 2 N–H and O–H groups in total. The van der Waals surface area contributed by atoms with Gasteiger partial charge in [0.1, 0.15) is 17.3 Å². The summed E-state index contributed by atoms with van der Waals surface area (Å²) < 4.78 is 58.3. The van der Waals surface area contributed by atoms with Crippen molar-refractivity contribution in [2.75, 3.05) is 5.32 Å². The first-order chi connectivity index (χ1) is 14.4. The smallest absolute Gasteiger partial charge is 0.387 e. The maximum atomic E-state index is 12.6. The van der Waals surface area contributed by atoms with Crippen LogP contribution in [0.5, 0.6) is 11.5 Å². The van der Waals surface area contributed by atoms with E-state index in [4.69, 9.17) is 0 Å². The number of aromatic nitrogens is 2. The SMILES string of the molecule is O=C(/C=C/c1ccc(OC(F)F)cc1OC(F)F)Nc1cccc(-c2ncc[nH]2)c1. The second kappa shape index (κ2) is 9.59. The van der Waals surface area contributed by atoms with Crippen LogP contribution in [0.4, 0.5) is 23.2 Å². The Morgan fingerprint density at radius 3 is 2.57 bits per heavy atom. The first kappa shape index (κ1) is 20.9. The summed E-state index contributed by atoms with van der Waals surface area (Å²) in [6, 6.07) is 10.2. The molecule has 0 spiro atoms. The van der Waals surface area contributed by atoms with Crippen LogP contribution in [0, 0.1) is 0 Å². The molecule has 0 unspecified atom stereocenters. The lowest BCUT2D eigenvalue weighted by Crippen LogP contribution is -2.08. The molecule has 0 bridgehead atoms. The van der Waals surface area contributed by atoms with E-state index in [-0.39, 0.29) is 11.3 Å². The highest BCUT2D eigenvalue weighted by atomic mass is 19.3. The standard InChI is InChI=1S/C20H15F4N3O3/c21-19(22)29-15-6-4-12(16(11-15)30-20(23)24)5-7-17(28)27-14-3-1-2-13(10-14)18-25-8-9-26-18/h1-11,19-20H,(H,25,26)(H,27,28)/b7-5+. The van der Waals surface area contributed by atoms with E-state index in [0.717, 1.165) is 23.8 Å². The number of alkyl halides is 4. The minimum absolute atomic E-state index is 0.0800. The first-order valence-corrected chi connectivity index (χ1v) is 8.53. The molecular formula is C20H15F4N3O3. The number of hydrogen-bond donors (Lipinski definition) is 2. The summed E-state index contributed by atoms with van der Waals surface area (Å²) in [5.74, 6) is -0.673. The number of ether oxygens (including phenoxy) is 2. The summed E-state index contributed by atoms with van der Waals surface area (Å²) in [6.07, 6.45) is 5.58. The molecule has 1 amide bonds. The molecule has 6 nitrogen and oxygen atoms in total. The highest BCUT2D eigenvalue weighted by molar-refractivity contribution is 6.02. The average Bonchev–Trinajstić information content (AvgIpc) is 3.21. The molecule has 0 atom stereocenters. The number of amides is 1. The van der Waals surface area contributed by atoms with Gasteiger partial charge < -0.3 is 19.8 Å². The second-order valence-electron chi connectivity index (χ2n) is 5.80. The Morgan fingerprint density at radius 2 is 1.87 bits per heavy atom. The molecule has 3 rings (SSSR count). The molecule has 0 aliphatic rings. The highest BCUT2D eigenvalue weighted by Gasteiger charge is 2.12. The zero-order valence-corrected chi connectivity index (χ0v) is 15.2. The Kier molecular flexibility index (Phi) is 6.68. The number of imidazole rings is 1. The van der Waals surface area contributed by atoms with Crippen molar-refractivity contribution in [2.24, 2.45) is 0 Å².